The number of hydrogen-bond acceptors (Lipinski definition) is 4. The number of carbonyl (C=O) groups is 1. The van der Waals surface area contributed by atoms with Gasteiger partial charge in [0.15, 0.2) is 9.17 Å². The number of aromatic carboxylic acids is 1. The molecule has 0 bridgehead atoms. The van der Waals surface area contributed by atoms with Gasteiger partial charge in [-0.05, 0) is 35.6 Å². The van der Waals surface area contributed by atoms with Crippen LogP contribution in [0.15, 0.2) is 24.8 Å². The predicted molar refractivity (Wildman–Crippen MR) is 83.9 cm³/mol. The van der Waals surface area contributed by atoms with E-state index in [-0.39, 0.29) is 16.5 Å². The lowest BCUT2D eigenvalue weighted by molar-refractivity contribution is 0.0702. The molecule has 0 aliphatic carbocycles. The average Bonchev–Trinajstić information content (AvgIpc) is 2.89. The third-order valence-electron chi connectivity index (χ3n) is 2.23. The fourth-order valence-corrected chi connectivity index (χ4v) is 3.19. The average molecular weight is 415 g/mol. The van der Waals surface area contributed by atoms with Crippen LogP contribution in [0.4, 0.5) is 0 Å². The van der Waals surface area contributed by atoms with Crippen molar-refractivity contribution in [2.45, 2.75) is 17.6 Å². The quantitative estimate of drug-likeness (QED) is 0.603. The molecule has 0 saturated heterocycles. The molecule has 104 valence electrons. The normalized spacial score (nSPS) is 11.7. The molecule has 1 atom stereocenters. The molecule has 1 N–H and O–H groups in total. The number of rotatable bonds is 5. The maximum absolute atomic E-state index is 10.8. The second-order valence-corrected chi connectivity index (χ2v) is 6.08. The van der Waals surface area contributed by atoms with E-state index in [0.717, 1.165) is 16.9 Å². The summed E-state index contributed by atoms with van der Waals surface area (Å²) in [6, 6.07) is 1.63. The molecule has 0 aliphatic rings. The molecule has 0 amide bonds. The first-order chi connectivity index (χ1) is 8.56. The van der Waals surface area contributed by atoms with Crippen LogP contribution in [0.3, 0.4) is 0 Å². The van der Waals surface area contributed by atoms with Gasteiger partial charge in [0.1, 0.15) is 4.88 Å². The van der Waals surface area contributed by atoms with Gasteiger partial charge in [0, 0.05) is 18.0 Å². The van der Waals surface area contributed by atoms with Gasteiger partial charge in [-0.25, -0.2) is 9.78 Å². The third kappa shape index (κ3) is 4.36. The molecule has 1 unspecified atom stereocenters. The molecular weight excluding hydrogens is 403 g/mol. The fourth-order valence-electron chi connectivity index (χ4n) is 1.40. The van der Waals surface area contributed by atoms with Crippen LogP contribution in [0.25, 0.3) is 0 Å². The van der Waals surface area contributed by atoms with Crippen molar-refractivity contribution in [1.82, 2.24) is 9.55 Å². The Bertz CT molecular complexity index is 544. The Labute approximate surface area is 134 Å². The number of aryl methyl sites for hydroxylation is 1. The van der Waals surface area contributed by atoms with E-state index in [1.165, 1.54) is 0 Å². The standard InChI is InChI=1S/C11H11IN2O3S.ClH/c1-7-4-8(10(15)16)18-11(7)17-9(12)5-14-3-2-13-6-14;/h2-4,6,9H,5H2,1H3,(H,15,16);1H. The Morgan fingerprint density at radius 3 is 2.95 bits per heavy atom. The van der Waals surface area contributed by atoms with Crippen LogP contribution >= 0.6 is 46.3 Å². The molecular formula is C11H12ClIN2O3S. The highest BCUT2D eigenvalue weighted by Gasteiger charge is 2.15. The number of halogens is 2. The number of ether oxygens (including phenoxy) is 1. The van der Waals surface area contributed by atoms with Crippen molar-refractivity contribution >= 4 is 52.3 Å². The minimum absolute atomic E-state index is 0. The lowest BCUT2D eigenvalue weighted by atomic mass is 10.3. The Kier molecular flexibility index (Phi) is 6.08. The molecule has 0 aliphatic heterocycles. The van der Waals surface area contributed by atoms with Crippen molar-refractivity contribution in [3.05, 3.63) is 35.2 Å². The summed E-state index contributed by atoms with van der Waals surface area (Å²) in [5.41, 5.74) is 0.852. The Balaban J connectivity index is 0.00000180. The van der Waals surface area contributed by atoms with Crippen LogP contribution in [0.2, 0.25) is 0 Å². The van der Waals surface area contributed by atoms with E-state index < -0.39 is 5.97 Å². The molecule has 2 heterocycles. The van der Waals surface area contributed by atoms with Gasteiger partial charge in [-0.3, -0.25) is 0 Å². The van der Waals surface area contributed by atoms with E-state index in [1.807, 2.05) is 17.7 Å². The van der Waals surface area contributed by atoms with E-state index in [0.29, 0.717) is 16.5 Å². The lowest BCUT2D eigenvalue weighted by Gasteiger charge is -2.12. The summed E-state index contributed by atoms with van der Waals surface area (Å²) in [7, 11) is 0. The zero-order valence-electron chi connectivity index (χ0n) is 9.95. The number of carboxylic acids is 1. The first-order valence-corrected chi connectivity index (χ1v) is 7.22. The van der Waals surface area contributed by atoms with Crippen molar-refractivity contribution in [1.29, 1.82) is 0 Å². The highest BCUT2D eigenvalue weighted by molar-refractivity contribution is 14.1. The van der Waals surface area contributed by atoms with E-state index in [4.69, 9.17) is 9.84 Å². The molecule has 0 aromatic carbocycles. The van der Waals surface area contributed by atoms with Gasteiger partial charge in [-0.2, -0.15) is 0 Å². The van der Waals surface area contributed by atoms with Crippen molar-refractivity contribution in [3.63, 3.8) is 0 Å². The number of nitrogens with zero attached hydrogens (tertiary/aromatic N) is 2. The summed E-state index contributed by atoms with van der Waals surface area (Å²) in [6.45, 7) is 2.51. The first kappa shape index (κ1) is 16.3. The zero-order valence-corrected chi connectivity index (χ0v) is 13.7. The highest BCUT2D eigenvalue weighted by Crippen LogP contribution is 2.31. The summed E-state index contributed by atoms with van der Waals surface area (Å²) in [4.78, 5) is 15.1. The van der Waals surface area contributed by atoms with Gasteiger partial charge >= 0.3 is 5.97 Å². The Morgan fingerprint density at radius 2 is 2.42 bits per heavy atom. The van der Waals surface area contributed by atoms with Crippen molar-refractivity contribution < 1.29 is 14.6 Å². The van der Waals surface area contributed by atoms with Gasteiger partial charge in [-0.15, -0.1) is 12.4 Å². The van der Waals surface area contributed by atoms with Gasteiger partial charge in [-0.1, -0.05) is 11.3 Å². The van der Waals surface area contributed by atoms with Crippen LogP contribution in [0.5, 0.6) is 5.06 Å². The summed E-state index contributed by atoms with van der Waals surface area (Å²) in [5, 5.41) is 9.56. The van der Waals surface area contributed by atoms with Gasteiger partial charge < -0.3 is 14.4 Å². The number of carboxylic acid groups (broad SMARTS) is 1. The van der Waals surface area contributed by atoms with Crippen LogP contribution < -0.4 is 4.74 Å². The van der Waals surface area contributed by atoms with E-state index in [9.17, 15) is 4.79 Å². The molecule has 0 fully saturated rings. The van der Waals surface area contributed by atoms with Crippen LogP contribution in [0, 0.1) is 6.92 Å². The summed E-state index contributed by atoms with van der Waals surface area (Å²) in [5.74, 6) is -0.919. The van der Waals surface area contributed by atoms with E-state index >= 15 is 0 Å². The molecule has 5 nitrogen and oxygen atoms in total. The van der Waals surface area contributed by atoms with E-state index in [1.54, 1.807) is 18.6 Å². The monoisotopic (exact) mass is 414 g/mol. The molecule has 19 heavy (non-hydrogen) atoms. The summed E-state index contributed by atoms with van der Waals surface area (Å²) < 4.78 is 7.58. The molecule has 0 spiro atoms. The summed E-state index contributed by atoms with van der Waals surface area (Å²) in [6.07, 6.45) is 5.29. The van der Waals surface area contributed by atoms with Gasteiger partial charge in [0.25, 0.3) is 0 Å². The molecule has 2 rings (SSSR count). The molecule has 0 saturated carbocycles. The van der Waals surface area contributed by atoms with Crippen LogP contribution in [-0.2, 0) is 6.54 Å². The number of aromatic nitrogens is 2. The van der Waals surface area contributed by atoms with Gasteiger partial charge in [0.05, 0.1) is 12.9 Å². The maximum Gasteiger partial charge on any atom is 0.346 e. The number of imidazole rings is 1. The highest BCUT2D eigenvalue weighted by atomic mass is 127. The largest absolute Gasteiger partial charge is 0.477 e. The molecule has 0 radical (unpaired) electrons. The SMILES string of the molecule is Cc1cc(C(=O)O)sc1OC(I)Cn1ccnc1.Cl. The lowest BCUT2D eigenvalue weighted by Crippen LogP contribution is -2.15. The Hall–Kier alpha value is -0.800. The Morgan fingerprint density at radius 1 is 1.68 bits per heavy atom. The molecule has 8 heteroatoms. The maximum atomic E-state index is 10.8. The predicted octanol–water partition coefficient (Wildman–Crippen LogP) is 3.21. The second kappa shape index (κ2) is 7.11. The molecule has 2 aromatic heterocycles. The van der Waals surface area contributed by atoms with E-state index in [2.05, 4.69) is 27.6 Å². The van der Waals surface area contributed by atoms with Gasteiger partial charge in [0.2, 0.25) is 0 Å². The van der Waals surface area contributed by atoms with Crippen molar-refractivity contribution in [2.24, 2.45) is 0 Å². The van der Waals surface area contributed by atoms with Crippen LogP contribution in [0.1, 0.15) is 15.2 Å². The van der Waals surface area contributed by atoms with Crippen molar-refractivity contribution in [3.8, 4) is 5.06 Å². The number of hydrogen-bond donors (Lipinski definition) is 1. The molecule has 2 aromatic rings. The third-order valence-corrected chi connectivity index (χ3v) is 4.00. The second-order valence-electron chi connectivity index (χ2n) is 3.67. The smallest absolute Gasteiger partial charge is 0.346 e. The van der Waals surface area contributed by atoms with Crippen molar-refractivity contribution in [2.75, 3.05) is 0 Å². The minimum Gasteiger partial charge on any atom is -0.477 e. The summed E-state index contributed by atoms with van der Waals surface area (Å²) >= 11 is 3.33. The zero-order chi connectivity index (χ0) is 13.1. The minimum atomic E-state index is -0.919. The first-order valence-electron chi connectivity index (χ1n) is 5.16. The number of thiophene rings is 1. The van der Waals surface area contributed by atoms with Crippen LogP contribution in [-0.4, -0.2) is 24.7 Å². The fraction of sp³-hybridized carbons (Fsp3) is 0.273. The number of alkyl halides is 1. The topological polar surface area (TPSA) is 64.3 Å².